The number of sulfonamides is 1. The van der Waals surface area contributed by atoms with Crippen molar-refractivity contribution in [3.8, 4) is 6.07 Å². The Morgan fingerprint density at radius 3 is 2.16 bits per heavy atom. The topological polar surface area (TPSA) is 61.2 Å². The summed E-state index contributed by atoms with van der Waals surface area (Å²) in [4.78, 5) is 0.270. The standard InChI is InChI=1S/C14H18N2O2S/c1-11-4-3-5-12(2)16(11)19(17,18)14-8-6-13(10-15)7-9-14/h6-9,11-12H,3-5H2,1-2H3. The van der Waals surface area contributed by atoms with Crippen molar-refractivity contribution >= 4 is 10.0 Å². The summed E-state index contributed by atoms with van der Waals surface area (Å²) in [5, 5.41) is 8.75. The molecule has 0 aromatic heterocycles. The highest BCUT2D eigenvalue weighted by Crippen LogP contribution is 2.29. The van der Waals surface area contributed by atoms with E-state index < -0.39 is 10.0 Å². The second-order valence-corrected chi connectivity index (χ2v) is 6.94. The average molecular weight is 278 g/mol. The molecule has 1 heterocycles. The molecular weight excluding hydrogens is 260 g/mol. The molecule has 2 rings (SSSR count). The predicted octanol–water partition coefficient (Wildman–Crippen LogP) is 2.51. The Bertz CT molecular complexity index is 577. The number of rotatable bonds is 2. The molecule has 1 fully saturated rings. The number of hydrogen-bond acceptors (Lipinski definition) is 3. The third kappa shape index (κ3) is 2.65. The first-order valence-corrected chi connectivity index (χ1v) is 7.94. The molecule has 0 spiro atoms. The molecule has 1 aromatic carbocycles. The summed E-state index contributed by atoms with van der Waals surface area (Å²) in [6.07, 6.45) is 2.88. The minimum atomic E-state index is -3.46. The summed E-state index contributed by atoms with van der Waals surface area (Å²) in [6, 6.07) is 8.19. The molecule has 1 aliphatic rings. The van der Waals surface area contributed by atoms with Crippen LogP contribution in [0, 0.1) is 11.3 Å². The zero-order chi connectivity index (χ0) is 14.0. The van der Waals surface area contributed by atoms with Gasteiger partial charge in [0.15, 0.2) is 0 Å². The normalized spacial score (nSPS) is 24.9. The maximum Gasteiger partial charge on any atom is 0.243 e. The highest BCUT2D eigenvalue weighted by molar-refractivity contribution is 7.89. The Morgan fingerprint density at radius 1 is 1.16 bits per heavy atom. The van der Waals surface area contributed by atoms with Crippen LogP contribution >= 0.6 is 0 Å². The van der Waals surface area contributed by atoms with Crippen molar-refractivity contribution < 1.29 is 8.42 Å². The highest BCUT2D eigenvalue weighted by atomic mass is 32.2. The molecule has 1 aromatic rings. The van der Waals surface area contributed by atoms with E-state index in [1.54, 1.807) is 16.4 Å². The molecule has 0 saturated carbocycles. The minimum Gasteiger partial charge on any atom is -0.207 e. The molecule has 4 nitrogen and oxygen atoms in total. The van der Waals surface area contributed by atoms with Crippen LogP contribution in [-0.2, 0) is 10.0 Å². The first-order valence-electron chi connectivity index (χ1n) is 6.50. The Labute approximate surface area is 114 Å². The zero-order valence-corrected chi connectivity index (χ0v) is 12.0. The molecule has 2 unspecified atom stereocenters. The molecule has 1 aliphatic heterocycles. The molecule has 5 heteroatoms. The number of nitriles is 1. The zero-order valence-electron chi connectivity index (χ0n) is 11.2. The van der Waals surface area contributed by atoms with Crippen molar-refractivity contribution in [1.29, 1.82) is 5.26 Å². The highest BCUT2D eigenvalue weighted by Gasteiger charge is 2.35. The summed E-state index contributed by atoms with van der Waals surface area (Å²) < 4.78 is 26.9. The van der Waals surface area contributed by atoms with E-state index in [9.17, 15) is 8.42 Å². The van der Waals surface area contributed by atoms with Crippen molar-refractivity contribution in [2.24, 2.45) is 0 Å². The first kappa shape index (κ1) is 14.0. The summed E-state index contributed by atoms with van der Waals surface area (Å²) >= 11 is 0. The SMILES string of the molecule is CC1CCCC(C)N1S(=O)(=O)c1ccc(C#N)cc1. The van der Waals surface area contributed by atoms with Crippen molar-refractivity contribution in [3.63, 3.8) is 0 Å². The molecule has 0 amide bonds. The Hall–Kier alpha value is -1.38. The van der Waals surface area contributed by atoms with E-state index in [2.05, 4.69) is 0 Å². The summed E-state index contributed by atoms with van der Waals surface area (Å²) in [7, 11) is -3.46. The first-order chi connectivity index (χ1) is 8.96. The van der Waals surface area contributed by atoms with E-state index in [4.69, 9.17) is 5.26 Å². The third-order valence-electron chi connectivity index (χ3n) is 3.67. The maximum absolute atomic E-state index is 12.7. The van der Waals surface area contributed by atoms with Crippen LogP contribution < -0.4 is 0 Å². The van der Waals surface area contributed by atoms with E-state index in [1.165, 1.54) is 12.1 Å². The van der Waals surface area contributed by atoms with Gasteiger partial charge in [0, 0.05) is 12.1 Å². The van der Waals surface area contributed by atoms with E-state index in [0.717, 1.165) is 19.3 Å². The third-order valence-corrected chi connectivity index (χ3v) is 5.81. The summed E-state index contributed by atoms with van der Waals surface area (Å²) in [5.74, 6) is 0. The molecule has 1 saturated heterocycles. The Morgan fingerprint density at radius 2 is 1.68 bits per heavy atom. The van der Waals surface area contributed by atoms with Gasteiger partial charge in [-0.25, -0.2) is 8.42 Å². The van der Waals surface area contributed by atoms with Gasteiger partial charge in [-0.1, -0.05) is 6.42 Å². The fourth-order valence-electron chi connectivity index (χ4n) is 2.69. The molecule has 0 radical (unpaired) electrons. The van der Waals surface area contributed by atoms with E-state index >= 15 is 0 Å². The van der Waals surface area contributed by atoms with Gasteiger partial charge in [0.05, 0.1) is 16.5 Å². The van der Waals surface area contributed by atoms with Crippen LogP contribution in [-0.4, -0.2) is 24.8 Å². The number of nitrogens with zero attached hydrogens (tertiary/aromatic N) is 2. The van der Waals surface area contributed by atoms with Crippen molar-refractivity contribution in [3.05, 3.63) is 29.8 Å². The summed E-state index contributed by atoms with van der Waals surface area (Å²) in [5.41, 5.74) is 0.471. The quantitative estimate of drug-likeness (QED) is 0.835. The van der Waals surface area contributed by atoms with Gasteiger partial charge in [0.25, 0.3) is 0 Å². The monoisotopic (exact) mass is 278 g/mol. The molecular formula is C14H18N2O2S. The van der Waals surface area contributed by atoms with Crippen LogP contribution in [0.5, 0.6) is 0 Å². The summed E-state index contributed by atoms with van der Waals surface area (Å²) in [6.45, 7) is 3.91. The lowest BCUT2D eigenvalue weighted by atomic mass is 10.0. The lowest BCUT2D eigenvalue weighted by Gasteiger charge is -2.37. The van der Waals surface area contributed by atoms with Crippen LogP contribution in [0.3, 0.4) is 0 Å². The van der Waals surface area contributed by atoms with Crippen LogP contribution in [0.25, 0.3) is 0 Å². The maximum atomic E-state index is 12.7. The van der Waals surface area contributed by atoms with Crippen molar-refractivity contribution in [1.82, 2.24) is 4.31 Å². The lowest BCUT2D eigenvalue weighted by Crippen LogP contribution is -2.47. The van der Waals surface area contributed by atoms with Gasteiger partial charge in [-0.3, -0.25) is 0 Å². The molecule has 2 atom stereocenters. The van der Waals surface area contributed by atoms with Gasteiger partial charge in [0.2, 0.25) is 10.0 Å². The van der Waals surface area contributed by atoms with Gasteiger partial charge >= 0.3 is 0 Å². The predicted molar refractivity (Wildman–Crippen MR) is 73.0 cm³/mol. The van der Waals surface area contributed by atoms with Crippen LogP contribution in [0.1, 0.15) is 38.7 Å². The smallest absolute Gasteiger partial charge is 0.207 e. The largest absolute Gasteiger partial charge is 0.243 e. The number of hydrogen-bond donors (Lipinski definition) is 0. The lowest BCUT2D eigenvalue weighted by molar-refractivity contribution is 0.204. The minimum absolute atomic E-state index is 0.0318. The second-order valence-electron chi connectivity index (χ2n) is 5.10. The number of benzene rings is 1. The fourth-order valence-corrected chi connectivity index (χ4v) is 4.58. The van der Waals surface area contributed by atoms with Crippen LogP contribution in [0.4, 0.5) is 0 Å². The van der Waals surface area contributed by atoms with Crippen LogP contribution in [0.15, 0.2) is 29.2 Å². The Kier molecular flexibility index (Phi) is 3.93. The Balaban J connectivity index is 2.38. The molecule has 0 aliphatic carbocycles. The number of piperidine rings is 1. The molecule has 0 bridgehead atoms. The van der Waals surface area contributed by atoms with E-state index in [1.807, 2.05) is 19.9 Å². The fraction of sp³-hybridized carbons (Fsp3) is 0.500. The molecule has 0 N–H and O–H groups in total. The van der Waals surface area contributed by atoms with Gasteiger partial charge < -0.3 is 0 Å². The van der Waals surface area contributed by atoms with Crippen molar-refractivity contribution in [2.75, 3.05) is 0 Å². The van der Waals surface area contributed by atoms with Gasteiger partial charge in [-0.2, -0.15) is 9.57 Å². The van der Waals surface area contributed by atoms with Gasteiger partial charge in [0.1, 0.15) is 0 Å². The molecule has 102 valence electrons. The molecule has 19 heavy (non-hydrogen) atoms. The van der Waals surface area contributed by atoms with Crippen molar-refractivity contribution in [2.45, 2.75) is 50.1 Å². The van der Waals surface area contributed by atoms with Crippen LogP contribution in [0.2, 0.25) is 0 Å². The van der Waals surface area contributed by atoms with E-state index in [0.29, 0.717) is 5.56 Å². The van der Waals surface area contributed by atoms with Gasteiger partial charge in [-0.05, 0) is 51.0 Å². The van der Waals surface area contributed by atoms with Gasteiger partial charge in [-0.15, -0.1) is 0 Å². The van der Waals surface area contributed by atoms with E-state index in [-0.39, 0.29) is 17.0 Å². The second kappa shape index (κ2) is 5.32. The average Bonchev–Trinajstić information content (AvgIpc) is 2.38.